The lowest BCUT2D eigenvalue weighted by molar-refractivity contribution is -0.384. The lowest BCUT2D eigenvalue weighted by Crippen LogP contribution is -2.29. The summed E-state index contributed by atoms with van der Waals surface area (Å²) in [6, 6.07) is 4.79. The number of ether oxygens (including phenoxy) is 1. The number of aliphatic hydroxyl groups is 1. The van der Waals surface area contributed by atoms with Crippen molar-refractivity contribution in [2.24, 2.45) is 0 Å². The summed E-state index contributed by atoms with van der Waals surface area (Å²) in [6.07, 6.45) is 2.89. The zero-order valence-electron chi connectivity index (χ0n) is 22.1. The zero-order valence-corrected chi connectivity index (χ0v) is 22.1. The second kappa shape index (κ2) is 11.3. The van der Waals surface area contributed by atoms with Crippen LogP contribution in [0.1, 0.15) is 25.1 Å². The summed E-state index contributed by atoms with van der Waals surface area (Å²) >= 11 is 0. The molecule has 0 atom stereocenters. The topological polar surface area (TPSA) is 155 Å². The Kier molecular flexibility index (Phi) is 8.40. The molecule has 3 aromatic rings. The standard InChI is InChI=1S/C24H33N9O4/c1-15-10-16(24(2,3)34)18(13-25-15)29-23-27-14-26-22(30-23)28-17-11-20(33(35)36)19(12-21(17)37-7)32(6)9-8-31(4)5/h10-14,34H,8-9H2,1-7H3,(H2,26,27,28,29,30). The molecule has 1 aromatic carbocycles. The number of hydrogen-bond acceptors (Lipinski definition) is 12. The Morgan fingerprint density at radius 1 is 1.05 bits per heavy atom. The highest BCUT2D eigenvalue weighted by Gasteiger charge is 2.23. The Bertz CT molecular complexity index is 1260. The number of rotatable bonds is 11. The number of likely N-dealkylation sites (N-methyl/N-ethyl adjacent to an activating group) is 2. The van der Waals surface area contributed by atoms with E-state index < -0.39 is 10.5 Å². The van der Waals surface area contributed by atoms with Crippen molar-refractivity contribution in [1.29, 1.82) is 0 Å². The van der Waals surface area contributed by atoms with Gasteiger partial charge in [0.15, 0.2) is 0 Å². The van der Waals surface area contributed by atoms with Crippen molar-refractivity contribution < 1.29 is 14.8 Å². The van der Waals surface area contributed by atoms with Gasteiger partial charge in [-0.05, 0) is 40.9 Å². The van der Waals surface area contributed by atoms with Gasteiger partial charge in [0.05, 0.1) is 35.2 Å². The van der Waals surface area contributed by atoms with Gasteiger partial charge in [0, 0.05) is 43.5 Å². The molecule has 2 heterocycles. The molecule has 3 N–H and O–H groups in total. The summed E-state index contributed by atoms with van der Waals surface area (Å²) in [5.74, 6) is 0.727. The van der Waals surface area contributed by atoms with E-state index in [0.717, 1.165) is 12.2 Å². The largest absolute Gasteiger partial charge is 0.494 e. The van der Waals surface area contributed by atoms with Gasteiger partial charge >= 0.3 is 0 Å². The number of aromatic nitrogens is 4. The van der Waals surface area contributed by atoms with Gasteiger partial charge in [0.25, 0.3) is 5.69 Å². The third-order valence-electron chi connectivity index (χ3n) is 5.55. The number of pyridine rings is 1. The van der Waals surface area contributed by atoms with Crippen LogP contribution in [0.5, 0.6) is 5.75 Å². The molecule has 0 spiro atoms. The van der Waals surface area contributed by atoms with Crippen molar-refractivity contribution in [3.8, 4) is 5.75 Å². The number of anilines is 5. The summed E-state index contributed by atoms with van der Waals surface area (Å²) in [5.41, 5.74) is 1.46. The molecule has 0 aliphatic heterocycles. The summed E-state index contributed by atoms with van der Waals surface area (Å²) in [4.78, 5) is 32.2. The highest BCUT2D eigenvalue weighted by atomic mass is 16.6. The van der Waals surface area contributed by atoms with Gasteiger partial charge < -0.3 is 30.3 Å². The molecule has 0 unspecified atom stereocenters. The molecule has 13 nitrogen and oxygen atoms in total. The first-order valence-electron chi connectivity index (χ1n) is 11.5. The van der Waals surface area contributed by atoms with E-state index in [0.29, 0.717) is 34.9 Å². The Hall–Kier alpha value is -4.10. The fraction of sp³-hybridized carbons (Fsp3) is 0.417. The predicted molar refractivity (Wildman–Crippen MR) is 142 cm³/mol. The maximum atomic E-state index is 11.9. The van der Waals surface area contributed by atoms with E-state index in [1.54, 1.807) is 39.2 Å². The number of benzene rings is 1. The second-order valence-corrected chi connectivity index (χ2v) is 9.34. The van der Waals surface area contributed by atoms with Crippen LogP contribution in [-0.2, 0) is 5.60 Å². The molecule has 0 amide bonds. The molecule has 0 aliphatic carbocycles. The first-order chi connectivity index (χ1) is 17.4. The maximum Gasteiger partial charge on any atom is 0.294 e. The van der Waals surface area contributed by atoms with Crippen molar-refractivity contribution in [3.05, 3.63) is 52.1 Å². The molecule has 0 aliphatic rings. The van der Waals surface area contributed by atoms with Crippen LogP contribution in [0.15, 0.2) is 30.7 Å². The minimum atomic E-state index is -1.13. The quantitative estimate of drug-likeness (QED) is 0.256. The monoisotopic (exact) mass is 511 g/mol. The van der Waals surface area contributed by atoms with Crippen LogP contribution in [0.25, 0.3) is 0 Å². The Morgan fingerprint density at radius 3 is 2.27 bits per heavy atom. The number of nitro groups is 1. The zero-order chi connectivity index (χ0) is 27.3. The van der Waals surface area contributed by atoms with Gasteiger partial charge in [-0.25, -0.2) is 9.97 Å². The highest BCUT2D eigenvalue weighted by Crippen LogP contribution is 2.39. The molecular formula is C24H33N9O4. The normalized spacial score (nSPS) is 11.4. The van der Waals surface area contributed by atoms with Crippen LogP contribution >= 0.6 is 0 Å². The summed E-state index contributed by atoms with van der Waals surface area (Å²) in [6.45, 7) is 6.50. The number of nitrogens with one attached hydrogen (secondary N) is 2. The van der Waals surface area contributed by atoms with Crippen LogP contribution in [0.4, 0.5) is 34.6 Å². The van der Waals surface area contributed by atoms with Crippen LogP contribution in [-0.4, -0.2) is 76.2 Å². The molecule has 0 radical (unpaired) electrons. The predicted octanol–water partition coefficient (Wildman–Crippen LogP) is 3.20. The molecule has 0 fully saturated rings. The van der Waals surface area contributed by atoms with Gasteiger partial charge in [-0.15, -0.1) is 0 Å². The Balaban J connectivity index is 1.92. The molecule has 0 saturated carbocycles. The molecule has 2 aromatic heterocycles. The minimum absolute atomic E-state index is 0.0856. The molecule has 13 heteroatoms. The third kappa shape index (κ3) is 6.98. The molecule has 37 heavy (non-hydrogen) atoms. The molecular weight excluding hydrogens is 478 g/mol. The maximum absolute atomic E-state index is 11.9. The van der Waals surface area contributed by atoms with Gasteiger partial charge in [-0.1, -0.05) is 0 Å². The number of methoxy groups -OCH3 is 1. The van der Waals surface area contributed by atoms with E-state index in [2.05, 4.69) is 30.6 Å². The average Bonchev–Trinajstić information content (AvgIpc) is 2.83. The van der Waals surface area contributed by atoms with E-state index in [1.165, 1.54) is 19.5 Å². The van der Waals surface area contributed by atoms with Crippen molar-refractivity contribution in [1.82, 2.24) is 24.8 Å². The smallest absolute Gasteiger partial charge is 0.294 e. The van der Waals surface area contributed by atoms with Crippen LogP contribution in [0.2, 0.25) is 0 Å². The summed E-state index contributed by atoms with van der Waals surface area (Å²) in [5, 5.41) is 28.5. The van der Waals surface area contributed by atoms with Crippen LogP contribution in [0.3, 0.4) is 0 Å². The van der Waals surface area contributed by atoms with E-state index in [9.17, 15) is 15.2 Å². The van der Waals surface area contributed by atoms with Crippen LogP contribution < -0.4 is 20.3 Å². The molecule has 198 valence electrons. The SMILES string of the molecule is COc1cc(N(C)CCN(C)C)c([N+](=O)[O-])cc1Nc1ncnc(Nc2cnc(C)cc2C(C)(C)O)n1. The fourth-order valence-corrected chi connectivity index (χ4v) is 3.57. The first kappa shape index (κ1) is 27.5. The molecule has 0 bridgehead atoms. The lowest BCUT2D eigenvalue weighted by Gasteiger charge is -2.23. The van der Waals surface area contributed by atoms with Gasteiger partial charge in [0.2, 0.25) is 11.9 Å². The summed E-state index contributed by atoms with van der Waals surface area (Å²) in [7, 11) is 7.16. The van der Waals surface area contributed by atoms with Gasteiger partial charge in [-0.3, -0.25) is 15.1 Å². The van der Waals surface area contributed by atoms with Gasteiger partial charge in [-0.2, -0.15) is 4.98 Å². The highest BCUT2D eigenvalue weighted by molar-refractivity contribution is 5.76. The van der Waals surface area contributed by atoms with E-state index in [-0.39, 0.29) is 17.6 Å². The van der Waals surface area contributed by atoms with Crippen molar-refractivity contribution >= 4 is 34.6 Å². The van der Waals surface area contributed by atoms with Crippen molar-refractivity contribution in [2.45, 2.75) is 26.4 Å². The Labute approximate surface area is 215 Å². The number of nitrogens with zero attached hydrogens (tertiary/aromatic N) is 7. The Morgan fingerprint density at radius 2 is 1.70 bits per heavy atom. The molecule has 3 rings (SSSR count). The number of hydrogen-bond donors (Lipinski definition) is 3. The molecule has 0 saturated heterocycles. The number of nitro benzene ring substituents is 1. The lowest BCUT2D eigenvalue weighted by atomic mass is 9.97. The van der Waals surface area contributed by atoms with Crippen molar-refractivity contribution in [3.63, 3.8) is 0 Å². The number of aryl methyl sites for hydroxylation is 1. The third-order valence-corrected chi connectivity index (χ3v) is 5.55. The fourth-order valence-electron chi connectivity index (χ4n) is 3.57. The summed E-state index contributed by atoms with van der Waals surface area (Å²) < 4.78 is 5.51. The van der Waals surface area contributed by atoms with E-state index >= 15 is 0 Å². The van der Waals surface area contributed by atoms with E-state index in [1.807, 2.05) is 30.8 Å². The van der Waals surface area contributed by atoms with E-state index in [4.69, 9.17) is 4.74 Å². The van der Waals surface area contributed by atoms with Crippen molar-refractivity contribution in [2.75, 3.05) is 56.9 Å². The minimum Gasteiger partial charge on any atom is -0.494 e. The second-order valence-electron chi connectivity index (χ2n) is 9.34. The van der Waals surface area contributed by atoms with Crippen LogP contribution in [0, 0.1) is 17.0 Å². The van der Waals surface area contributed by atoms with Gasteiger partial charge in [0.1, 0.15) is 17.8 Å². The first-order valence-corrected chi connectivity index (χ1v) is 11.5. The average molecular weight is 512 g/mol.